The lowest BCUT2D eigenvalue weighted by Gasteiger charge is -2.29. The Morgan fingerprint density at radius 3 is 3.31 bits per heavy atom. The normalized spacial score (nSPS) is 24.8. The molecule has 0 aliphatic carbocycles. The van der Waals surface area contributed by atoms with Crippen molar-refractivity contribution in [1.29, 1.82) is 0 Å². The SMILES string of the molecule is CN1CCC[C@H](Cc2cscn2)C1. The van der Waals surface area contributed by atoms with Gasteiger partial charge in [-0.3, -0.25) is 0 Å². The van der Waals surface area contributed by atoms with Gasteiger partial charge in [0, 0.05) is 11.9 Å². The quantitative estimate of drug-likeness (QED) is 0.719. The summed E-state index contributed by atoms with van der Waals surface area (Å²) >= 11 is 1.70. The lowest BCUT2D eigenvalue weighted by Crippen LogP contribution is -2.33. The van der Waals surface area contributed by atoms with E-state index in [0.29, 0.717) is 0 Å². The monoisotopic (exact) mass is 196 g/mol. The lowest BCUT2D eigenvalue weighted by molar-refractivity contribution is 0.208. The summed E-state index contributed by atoms with van der Waals surface area (Å²) in [5.74, 6) is 0.834. The molecule has 0 aromatic carbocycles. The van der Waals surface area contributed by atoms with E-state index in [0.717, 1.165) is 5.92 Å². The molecule has 1 fully saturated rings. The highest BCUT2D eigenvalue weighted by Crippen LogP contribution is 2.19. The third-order valence-electron chi connectivity index (χ3n) is 2.70. The van der Waals surface area contributed by atoms with Crippen molar-refractivity contribution in [2.24, 2.45) is 5.92 Å². The summed E-state index contributed by atoms with van der Waals surface area (Å²) in [4.78, 5) is 6.77. The highest BCUT2D eigenvalue weighted by molar-refractivity contribution is 7.07. The van der Waals surface area contributed by atoms with Crippen LogP contribution in [0.1, 0.15) is 18.5 Å². The molecule has 1 aromatic heterocycles. The zero-order valence-electron chi connectivity index (χ0n) is 8.07. The Morgan fingerprint density at radius 2 is 2.62 bits per heavy atom. The smallest absolute Gasteiger partial charge is 0.0794 e. The van der Waals surface area contributed by atoms with E-state index < -0.39 is 0 Å². The van der Waals surface area contributed by atoms with Crippen molar-refractivity contribution in [1.82, 2.24) is 9.88 Å². The predicted molar refractivity (Wildman–Crippen MR) is 56.0 cm³/mol. The lowest BCUT2D eigenvalue weighted by atomic mass is 9.94. The number of nitrogens with zero attached hydrogens (tertiary/aromatic N) is 2. The van der Waals surface area contributed by atoms with Crippen LogP contribution < -0.4 is 0 Å². The fourth-order valence-corrected chi connectivity index (χ4v) is 2.65. The molecule has 2 nitrogen and oxygen atoms in total. The second-order valence-electron chi connectivity index (χ2n) is 3.95. The third kappa shape index (κ3) is 2.51. The number of aromatic nitrogens is 1. The number of likely N-dealkylation sites (tertiary alicyclic amines) is 1. The van der Waals surface area contributed by atoms with Gasteiger partial charge in [-0.15, -0.1) is 11.3 Å². The Morgan fingerprint density at radius 1 is 1.69 bits per heavy atom. The number of rotatable bonds is 2. The minimum atomic E-state index is 0.834. The summed E-state index contributed by atoms with van der Waals surface area (Å²) in [7, 11) is 2.22. The first-order valence-electron chi connectivity index (χ1n) is 4.90. The number of hydrogen-bond acceptors (Lipinski definition) is 3. The van der Waals surface area contributed by atoms with Crippen molar-refractivity contribution in [2.45, 2.75) is 19.3 Å². The minimum Gasteiger partial charge on any atom is -0.306 e. The highest BCUT2D eigenvalue weighted by atomic mass is 32.1. The zero-order valence-corrected chi connectivity index (χ0v) is 8.89. The van der Waals surface area contributed by atoms with Crippen LogP contribution in [0, 0.1) is 5.92 Å². The fourth-order valence-electron chi connectivity index (χ4n) is 2.07. The van der Waals surface area contributed by atoms with Gasteiger partial charge in [0.1, 0.15) is 0 Å². The highest BCUT2D eigenvalue weighted by Gasteiger charge is 2.17. The van der Waals surface area contributed by atoms with Crippen LogP contribution in [0.5, 0.6) is 0 Å². The molecule has 13 heavy (non-hydrogen) atoms. The summed E-state index contributed by atoms with van der Waals surface area (Å²) in [6.45, 7) is 2.52. The number of piperidine rings is 1. The molecular formula is C10H16N2S. The molecule has 1 saturated heterocycles. The van der Waals surface area contributed by atoms with Crippen LogP contribution in [-0.4, -0.2) is 30.0 Å². The first kappa shape index (κ1) is 9.16. The van der Waals surface area contributed by atoms with E-state index in [-0.39, 0.29) is 0 Å². The molecule has 0 bridgehead atoms. The van der Waals surface area contributed by atoms with Crippen molar-refractivity contribution in [3.63, 3.8) is 0 Å². The van der Waals surface area contributed by atoms with Gasteiger partial charge in [0.05, 0.1) is 11.2 Å². The average molecular weight is 196 g/mol. The summed E-state index contributed by atoms with van der Waals surface area (Å²) in [5.41, 5.74) is 3.22. The molecule has 1 aromatic rings. The van der Waals surface area contributed by atoms with Crippen molar-refractivity contribution in [2.75, 3.05) is 20.1 Å². The van der Waals surface area contributed by atoms with E-state index in [2.05, 4.69) is 22.3 Å². The molecule has 0 unspecified atom stereocenters. The van der Waals surface area contributed by atoms with E-state index in [4.69, 9.17) is 0 Å². The molecule has 0 spiro atoms. The zero-order chi connectivity index (χ0) is 9.10. The Balaban J connectivity index is 1.87. The van der Waals surface area contributed by atoms with Gasteiger partial charge in [-0.2, -0.15) is 0 Å². The van der Waals surface area contributed by atoms with E-state index in [1.54, 1.807) is 11.3 Å². The van der Waals surface area contributed by atoms with E-state index >= 15 is 0 Å². The maximum Gasteiger partial charge on any atom is 0.0794 e. The number of thiazole rings is 1. The van der Waals surface area contributed by atoms with Crippen molar-refractivity contribution in [3.05, 3.63) is 16.6 Å². The molecule has 0 amide bonds. The first-order chi connectivity index (χ1) is 6.34. The largest absolute Gasteiger partial charge is 0.306 e. The van der Waals surface area contributed by atoms with Crippen molar-refractivity contribution in [3.8, 4) is 0 Å². The van der Waals surface area contributed by atoms with Crippen molar-refractivity contribution >= 4 is 11.3 Å². The second-order valence-corrected chi connectivity index (χ2v) is 4.67. The number of hydrogen-bond donors (Lipinski definition) is 0. The van der Waals surface area contributed by atoms with Crippen molar-refractivity contribution < 1.29 is 0 Å². The molecule has 2 heterocycles. The van der Waals surface area contributed by atoms with Gasteiger partial charge in [0.2, 0.25) is 0 Å². The second kappa shape index (κ2) is 4.20. The molecule has 0 radical (unpaired) electrons. The Labute approximate surface area is 83.6 Å². The van der Waals surface area contributed by atoms with Gasteiger partial charge < -0.3 is 4.90 Å². The van der Waals surface area contributed by atoms with Crippen LogP contribution in [0.4, 0.5) is 0 Å². The van der Waals surface area contributed by atoms with Crippen LogP contribution in [-0.2, 0) is 6.42 Å². The molecule has 3 heteroatoms. The maximum atomic E-state index is 4.34. The Bertz CT molecular complexity index is 245. The van der Waals surface area contributed by atoms with Crippen LogP contribution >= 0.6 is 11.3 Å². The first-order valence-corrected chi connectivity index (χ1v) is 5.84. The van der Waals surface area contributed by atoms with Crippen LogP contribution in [0.25, 0.3) is 0 Å². The van der Waals surface area contributed by atoms with Crippen LogP contribution in [0.15, 0.2) is 10.9 Å². The van der Waals surface area contributed by atoms with E-state index in [9.17, 15) is 0 Å². The summed E-state index contributed by atoms with van der Waals surface area (Å²) in [6.07, 6.45) is 3.90. The molecule has 0 N–H and O–H groups in total. The Kier molecular flexibility index (Phi) is 2.96. The van der Waals surface area contributed by atoms with E-state index in [1.807, 2.05) is 5.51 Å². The predicted octanol–water partition coefficient (Wildman–Crippen LogP) is 2.03. The molecule has 72 valence electrons. The third-order valence-corrected chi connectivity index (χ3v) is 3.34. The van der Waals surface area contributed by atoms with Gasteiger partial charge in [0.15, 0.2) is 0 Å². The van der Waals surface area contributed by atoms with Gasteiger partial charge >= 0.3 is 0 Å². The molecule has 0 saturated carbocycles. The minimum absolute atomic E-state index is 0.834. The Hall–Kier alpha value is -0.410. The summed E-state index contributed by atoms with van der Waals surface area (Å²) in [5, 5.41) is 2.18. The van der Waals surface area contributed by atoms with E-state index in [1.165, 1.54) is 38.0 Å². The van der Waals surface area contributed by atoms with Gasteiger partial charge in [0.25, 0.3) is 0 Å². The topological polar surface area (TPSA) is 16.1 Å². The molecule has 1 aliphatic heterocycles. The molecule has 1 atom stereocenters. The van der Waals surface area contributed by atoms with Crippen LogP contribution in [0.3, 0.4) is 0 Å². The maximum absolute atomic E-state index is 4.34. The van der Waals surface area contributed by atoms with Gasteiger partial charge in [-0.05, 0) is 38.8 Å². The average Bonchev–Trinajstić information content (AvgIpc) is 2.57. The van der Waals surface area contributed by atoms with Crippen LogP contribution in [0.2, 0.25) is 0 Å². The standard InChI is InChI=1S/C10H16N2S/c1-12-4-2-3-9(6-12)5-10-7-13-8-11-10/h7-9H,2-6H2,1H3/t9-/m1/s1. The van der Waals surface area contributed by atoms with Gasteiger partial charge in [-0.25, -0.2) is 4.98 Å². The summed E-state index contributed by atoms with van der Waals surface area (Å²) < 4.78 is 0. The van der Waals surface area contributed by atoms with Gasteiger partial charge in [-0.1, -0.05) is 0 Å². The fraction of sp³-hybridized carbons (Fsp3) is 0.700. The molecule has 2 rings (SSSR count). The summed E-state index contributed by atoms with van der Waals surface area (Å²) in [6, 6.07) is 0. The molecule has 1 aliphatic rings. The molecular weight excluding hydrogens is 180 g/mol.